The molecule has 1 atom stereocenters. The van der Waals surface area contributed by atoms with Crippen molar-refractivity contribution >= 4 is 5.97 Å². The zero-order chi connectivity index (χ0) is 12.6. The fourth-order valence-electron chi connectivity index (χ4n) is 2.10. The number of hydrogen-bond donors (Lipinski definition) is 2. The molecule has 2 rings (SSSR count). The van der Waals surface area contributed by atoms with Gasteiger partial charge in [-0.15, -0.1) is 0 Å². The molecule has 1 fully saturated rings. The number of carbonyl (C=O) groups is 1. The smallest absolute Gasteiger partial charge is 0.321 e. The summed E-state index contributed by atoms with van der Waals surface area (Å²) in [6, 6.07) is 7.31. The summed E-state index contributed by atoms with van der Waals surface area (Å²) in [5.74, 6) is -0.279. The van der Waals surface area contributed by atoms with E-state index in [1.807, 2.05) is 26.0 Å². The molecule has 3 nitrogen and oxygen atoms in total. The van der Waals surface area contributed by atoms with Crippen molar-refractivity contribution in [3.63, 3.8) is 0 Å². The van der Waals surface area contributed by atoms with Gasteiger partial charge in [0.2, 0.25) is 0 Å². The van der Waals surface area contributed by atoms with Crippen LogP contribution in [0, 0.1) is 0 Å². The number of nitrogens with two attached hydrogens (primary N) is 1. The number of hydrogen-bond acceptors (Lipinski definition) is 2. The van der Waals surface area contributed by atoms with E-state index in [1.54, 1.807) is 0 Å². The molecule has 92 valence electrons. The van der Waals surface area contributed by atoms with E-state index in [2.05, 4.69) is 12.1 Å². The molecule has 0 spiro atoms. The predicted molar refractivity (Wildman–Crippen MR) is 67.1 cm³/mol. The van der Waals surface area contributed by atoms with Gasteiger partial charge in [-0.1, -0.05) is 38.1 Å². The lowest BCUT2D eigenvalue weighted by atomic mass is 9.77. The molecule has 1 aromatic rings. The highest BCUT2D eigenvalue weighted by Gasteiger charge is 2.34. The van der Waals surface area contributed by atoms with Crippen LogP contribution < -0.4 is 5.73 Å². The molecule has 1 aliphatic rings. The van der Waals surface area contributed by atoms with Crippen molar-refractivity contribution in [3.8, 4) is 0 Å². The van der Waals surface area contributed by atoms with Crippen molar-refractivity contribution in [1.82, 2.24) is 0 Å². The van der Waals surface area contributed by atoms with Crippen LogP contribution in [0.1, 0.15) is 43.7 Å². The van der Waals surface area contributed by atoms with E-state index in [4.69, 9.17) is 10.8 Å². The molecule has 3 heteroatoms. The molecule has 3 N–H and O–H groups in total. The highest BCUT2D eigenvalue weighted by Crippen LogP contribution is 2.41. The Balaban J connectivity index is 2.31. The Kier molecular flexibility index (Phi) is 2.96. The van der Waals surface area contributed by atoms with Gasteiger partial charge >= 0.3 is 5.97 Å². The number of benzene rings is 1. The molecule has 1 unspecified atom stereocenters. The van der Waals surface area contributed by atoms with E-state index in [0.29, 0.717) is 5.92 Å². The molecule has 0 saturated heterocycles. The van der Waals surface area contributed by atoms with Crippen LogP contribution in [-0.4, -0.2) is 17.1 Å². The summed E-state index contributed by atoms with van der Waals surface area (Å²) in [5, 5.41) is 9.04. The van der Waals surface area contributed by atoms with Crippen LogP contribution >= 0.6 is 0 Å². The lowest BCUT2D eigenvalue weighted by Crippen LogP contribution is -2.46. The standard InChI is InChI=1S/C14H19NO2/c1-14(2,12(15)13(16)17)11-5-3-4-10(8-11)9-6-7-9/h3-5,8-9,12H,6-7,15H2,1-2H3,(H,16,17). The summed E-state index contributed by atoms with van der Waals surface area (Å²) in [6.45, 7) is 3.77. The van der Waals surface area contributed by atoms with Crippen molar-refractivity contribution in [2.75, 3.05) is 0 Å². The fourth-order valence-corrected chi connectivity index (χ4v) is 2.10. The average molecular weight is 233 g/mol. The second-order valence-corrected chi connectivity index (χ2v) is 5.44. The van der Waals surface area contributed by atoms with E-state index in [0.717, 1.165) is 5.56 Å². The Morgan fingerprint density at radius 2 is 2.12 bits per heavy atom. The molecule has 0 aliphatic heterocycles. The lowest BCUT2D eigenvalue weighted by molar-refractivity contribution is -0.140. The molecule has 0 aromatic heterocycles. The van der Waals surface area contributed by atoms with Crippen LogP contribution in [0.5, 0.6) is 0 Å². The molecule has 17 heavy (non-hydrogen) atoms. The fraction of sp³-hybridized carbons (Fsp3) is 0.500. The van der Waals surface area contributed by atoms with Crippen LogP contribution in [-0.2, 0) is 10.2 Å². The minimum absolute atomic E-state index is 0.545. The average Bonchev–Trinajstić information content (AvgIpc) is 3.12. The van der Waals surface area contributed by atoms with E-state index in [-0.39, 0.29) is 0 Å². The van der Waals surface area contributed by atoms with Crippen LogP contribution in [0.4, 0.5) is 0 Å². The second-order valence-electron chi connectivity index (χ2n) is 5.44. The zero-order valence-corrected chi connectivity index (χ0v) is 10.3. The maximum Gasteiger partial charge on any atom is 0.321 e. The highest BCUT2D eigenvalue weighted by molar-refractivity contribution is 5.75. The van der Waals surface area contributed by atoms with Gasteiger partial charge in [0.1, 0.15) is 6.04 Å². The van der Waals surface area contributed by atoms with Crippen LogP contribution in [0.25, 0.3) is 0 Å². The van der Waals surface area contributed by atoms with E-state index < -0.39 is 17.4 Å². The topological polar surface area (TPSA) is 63.3 Å². The number of aliphatic carboxylic acids is 1. The Morgan fingerprint density at radius 1 is 1.47 bits per heavy atom. The third kappa shape index (κ3) is 2.34. The Morgan fingerprint density at radius 3 is 2.65 bits per heavy atom. The monoisotopic (exact) mass is 233 g/mol. The summed E-state index contributed by atoms with van der Waals surface area (Å²) in [7, 11) is 0. The Labute approximate surface area is 102 Å². The van der Waals surface area contributed by atoms with Crippen molar-refractivity contribution in [1.29, 1.82) is 0 Å². The molecular weight excluding hydrogens is 214 g/mol. The maximum absolute atomic E-state index is 11.0. The molecule has 0 bridgehead atoms. The van der Waals surface area contributed by atoms with Crippen molar-refractivity contribution < 1.29 is 9.90 Å². The lowest BCUT2D eigenvalue weighted by Gasteiger charge is -2.29. The van der Waals surface area contributed by atoms with Crippen molar-refractivity contribution in [2.24, 2.45) is 5.73 Å². The van der Waals surface area contributed by atoms with Gasteiger partial charge in [-0.05, 0) is 29.9 Å². The summed E-state index contributed by atoms with van der Waals surface area (Å²) < 4.78 is 0. The normalized spacial score (nSPS) is 17.8. The van der Waals surface area contributed by atoms with Gasteiger partial charge in [-0.2, -0.15) is 0 Å². The number of carboxylic acid groups (broad SMARTS) is 1. The third-order valence-electron chi connectivity index (χ3n) is 3.72. The van der Waals surface area contributed by atoms with Gasteiger partial charge in [0.05, 0.1) is 0 Å². The molecule has 1 saturated carbocycles. The van der Waals surface area contributed by atoms with Gasteiger partial charge in [0.25, 0.3) is 0 Å². The first-order chi connectivity index (χ1) is 7.93. The van der Waals surface area contributed by atoms with Gasteiger partial charge < -0.3 is 10.8 Å². The molecule has 0 amide bonds. The summed E-state index contributed by atoms with van der Waals surface area (Å²) >= 11 is 0. The number of rotatable bonds is 4. The van der Waals surface area contributed by atoms with Crippen LogP contribution in [0.15, 0.2) is 24.3 Å². The predicted octanol–water partition coefficient (Wildman–Crippen LogP) is 2.25. The quantitative estimate of drug-likeness (QED) is 0.838. The SMILES string of the molecule is CC(C)(c1cccc(C2CC2)c1)C(N)C(=O)O. The first kappa shape index (κ1) is 12.1. The van der Waals surface area contributed by atoms with E-state index in [9.17, 15) is 4.79 Å². The first-order valence-corrected chi connectivity index (χ1v) is 6.01. The Hall–Kier alpha value is -1.35. The van der Waals surface area contributed by atoms with Crippen LogP contribution in [0.2, 0.25) is 0 Å². The first-order valence-electron chi connectivity index (χ1n) is 6.01. The zero-order valence-electron chi connectivity index (χ0n) is 10.3. The summed E-state index contributed by atoms with van der Waals surface area (Å²) in [4.78, 5) is 11.0. The minimum atomic E-state index is -0.952. The third-order valence-corrected chi connectivity index (χ3v) is 3.72. The van der Waals surface area contributed by atoms with E-state index >= 15 is 0 Å². The second kappa shape index (κ2) is 4.15. The number of carboxylic acids is 1. The maximum atomic E-state index is 11.0. The van der Waals surface area contributed by atoms with E-state index in [1.165, 1.54) is 18.4 Å². The Bertz CT molecular complexity index is 436. The van der Waals surface area contributed by atoms with Gasteiger partial charge in [0.15, 0.2) is 0 Å². The minimum Gasteiger partial charge on any atom is -0.480 e. The molecule has 1 aromatic carbocycles. The summed E-state index contributed by atoms with van der Waals surface area (Å²) in [6.07, 6.45) is 2.49. The van der Waals surface area contributed by atoms with Crippen molar-refractivity contribution in [2.45, 2.75) is 44.1 Å². The molecule has 0 heterocycles. The molecule has 1 aliphatic carbocycles. The summed E-state index contributed by atoms with van der Waals surface area (Å²) in [5.41, 5.74) is 7.55. The molecular formula is C14H19NO2. The molecule has 0 radical (unpaired) electrons. The van der Waals surface area contributed by atoms with Gasteiger partial charge in [0, 0.05) is 5.41 Å². The van der Waals surface area contributed by atoms with Gasteiger partial charge in [-0.25, -0.2) is 0 Å². The largest absolute Gasteiger partial charge is 0.480 e. The van der Waals surface area contributed by atoms with Gasteiger partial charge in [-0.3, -0.25) is 4.79 Å². The highest BCUT2D eigenvalue weighted by atomic mass is 16.4. The van der Waals surface area contributed by atoms with Crippen molar-refractivity contribution in [3.05, 3.63) is 35.4 Å². The van der Waals surface area contributed by atoms with Crippen LogP contribution in [0.3, 0.4) is 0 Å².